The minimum absolute atomic E-state index is 0.794. The maximum Gasteiger partial charge on any atom is 0.123 e. The van der Waals surface area contributed by atoms with Gasteiger partial charge in [0.15, 0.2) is 0 Å². The van der Waals surface area contributed by atoms with Gasteiger partial charge < -0.3 is 15.0 Å². The van der Waals surface area contributed by atoms with Crippen LogP contribution >= 0.6 is 0 Å². The maximum absolute atomic E-state index is 5.78. The van der Waals surface area contributed by atoms with Gasteiger partial charge in [-0.2, -0.15) is 0 Å². The molecule has 1 fully saturated rings. The Kier molecular flexibility index (Phi) is 2.73. The molecule has 4 rings (SSSR count). The smallest absolute Gasteiger partial charge is 0.123 e. The van der Waals surface area contributed by atoms with Crippen LogP contribution in [0.3, 0.4) is 0 Å². The molecule has 2 aliphatic rings. The van der Waals surface area contributed by atoms with Gasteiger partial charge in [0.25, 0.3) is 0 Å². The first kappa shape index (κ1) is 11.4. The molecule has 100 valence electrons. The molecule has 2 N–H and O–H groups in total. The van der Waals surface area contributed by atoms with E-state index >= 15 is 0 Å². The predicted octanol–water partition coefficient (Wildman–Crippen LogP) is 2.79. The van der Waals surface area contributed by atoms with Crippen LogP contribution in [-0.2, 0) is 12.8 Å². The lowest BCUT2D eigenvalue weighted by molar-refractivity contribution is 0.289. The first-order valence-electron chi connectivity index (χ1n) is 7.40. The van der Waals surface area contributed by atoms with Gasteiger partial charge in [-0.1, -0.05) is 0 Å². The van der Waals surface area contributed by atoms with Gasteiger partial charge in [0, 0.05) is 28.7 Å². The second-order valence-corrected chi connectivity index (χ2v) is 5.71. The molecule has 0 amide bonds. The standard InChI is InChI=1S/C16H20N2O/c1-2-13-15(19-9-1)6-5-14-16(13)11(10-18-14)7-8-17-12-3-4-12/h5-6,10,12,17-18H,1-4,7-9H2. The van der Waals surface area contributed by atoms with Crippen LogP contribution in [0.25, 0.3) is 10.9 Å². The molecule has 19 heavy (non-hydrogen) atoms. The van der Waals surface area contributed by atoms with Crippen LogP contribution in [0.15, 0.2) is 18.3 Å². The normalized spacial score (nSPS) is 18.3. The highest BCUT2D eigenvalue weighted by molar-refractivity contribution is 5.89. The molecule has 0 radical (unpaired) electrons. The molecule has 1 aliphatic carbocycles. The van der Waals surface area contributed by atoms with Gasteiger partial charge in [-0.15, -0.1) is 0 Å². The highest BCUT2D eigenvalue weighted by Crippen LogP contribution is 2.34. The summed E-state index contributed by atoms with van der Waals surface area (Å²) in [6.07, 6.45) is 8.28. The Morgan fingerprint density at radius 2 is 2.26 bits per heavy atom. The fourth-order valence-electron chi connectivity index (χ4n) is 3.06. The van der Waals surface area contributed by atoms with Crippen molar-refractivity contribution in [2.75, 3.05) is 13.2 Å². The van der Waals surface area contributed by atoms with Crippen molar-refractivity contribution >= 4 is 10.9 Å². The second kappa shape index (κ2) is 4.57. The lowest BCUT2D eigenvalue weighted by Gasteiger charge is -2.18. The van der Waals surface area contributed by atoms with E-state index in [2.05, 4.69) is 28.6 Å². The summed E-state index contributed by atoms with van der Waals surface area (Å²) in [5.74, 6) is 1.09. The maximum atomic E-state index is 5.78. The van der Waals surface area contributed by atoms with E-state index < -0.39 is 0 Å². The zero-order chi connectivity index (χ0) is 12.7. The van der Waals surface area contributed by atoms with E-state index in [0.29, 0.717) is 0 Å². The van der Waals surface area contributed by atoms with Gasteiger partial charge in [-0.25, -0.2) is 0 Å². The monoisotopic (exact) mass is 256 g/mol. The van der Waals surface area contributed by atoms with E-state index in [1.807, 2.05) is 0 Å². The number of hydrogen-bond donors (Lipinski definition) is 2. The third kappa shape index (κ3) is 2.12. The topological polar surface area (TPSA) is 37.0 Å². The number of aromatic nitrogens is 1. The molecule has 0 atom stereocenters. The minimum Gasteiger partial charge on any atom is -0.493 e. The van der Waals surface area contributed by atoms with E-state index in [1.54, 1.807) is 0 Å². The molecule has 2 heterocycles. The Morgan fingerprint density at radius 3 is 3.16 bits per heavy atom. The quantitative estimate of drug-likeness (QED) is 0.882. The summed E-state index contributed by atoms with van der Waals surface area (Å²) in [6.45, 7) is 1.95. The summed E-state index contributed by atoms with van der Waals surface area (Å²) in [5, 5.41) is 5.01. The molecule has 0 unspecified atom stereocenters. The van der Waals surface area contributed by atoms with Crippen molar-refractivity contribution in [2.45, 2.75) is 38.1 Å². The SMILES string of the molecule is c1cc2[nH]cc(CCNC3CC3)c2c2c1OCCC2. The number of ether oxygens (including phenoxy) is 1. The second-order valence-electron chi connectivity index (χ2n) is 5.71. The minimum atomic E-state index is 0.794. The molecule has 3 heteroatoms. The highest BCUT2D eigenvalue weighted by atomic mass is 16.5. The number of fused-ring (bicyclic) bond motifs is 3. The lowest BCUT2D eigenvalue weighted by Crippen LogP contribution is -2.19. The van der Waals surface area contributed by atoms with Gasteiger partial charge in [0.05, 0.1) is 6.61 Å². The molecule has 1 saturated carbocycles. The summed E-state index contributed by atoms with van der Waals surface area (Å²) < 4.78 is 5.78. The Balaban J connectivity index is 1.65. The summed E-state index contributed by atoms with van der Waals surface area (Å²) in [6, 6.07) is 5.05. The van der Waals surface area contributed by atoms with Crippen molar-refractivity contribution in [2.24, 2.45) is 0 Å². The Labute approximate surface area is 113 Å². The van der Waals surface area contributed by atoms with Gasteiger partial charge in [0.1, 0.15) is 5.75 Å². The van der Waals surface area contributed by atoms with Crippen LogP contribution in [0.5, 0.6) is 5.75 Å². The van der Waals surface area contributed by atoms with Gasteiger partial charge in [-0.3, -0.25) is 0 Å². The number of benzene rings is 1. The van der Waals surface area contributed by atoms with Crippen LogP contribution in [0, 0.1) is 0 Å². The zero-order valence-corrected chi connectivity index (χ0v) is 11.2. The predicted molar refractivity (Wildman–Crippen MR) is 76.8 cm³/mol. The van der Waals surface area contributed by atoms with Crippen LogP contribution in [0.4, 0.5) is 0 Å². The van der Waals surface area contributed by atoms with Crippen molar-refractivity contribution in [1.82, 2.24) is 10.3 Å². The summed E-state index contributed by atoms with van der Waals surface area (Å²) in [4.78, 5) is 3.41. The number of aromatic amines is 1. The molecule has 0 spiro atoms. The van der Waals surface area contributed by atoms with Gasteiger partial charge in [0.2, 0.25) is 0 Å². The third-order valence-electron chi connectivity index (χ3n) is 4.23. The molecular formula is C16H20N2O. The number of H-pyrrole nitrogens is 1. The molecular weight excluding hydrogens is 236 g/mol. The van der Waals surface area contributed by atoms with Crippen LogP contribution in [0.1, 0.15) is 30.4 Å². The Bertz CT molecular complexity index is 598. The van der Waals surface area contributed by atoms with Crippen molar-refractivity contribution in [1.29, 1.82) is 0 Å². The van der Waals surface area contributed by atoms with E-state index in [9.17, 15) is 0 Å². The largest absolute Gasteiger partial charge is 0.493 e. The van der Waals surface area contributed by atoms with E-state index in [4.69, 9.17) is 4.74 Å². The molecule has 1 aromatic carbocycles. The van der Waals surface area contributed by atoms with Crippen molar-refractivity contribution in [3.05, 3.63) is 29.5 Å². The zero-order valence-electron chi connectivity index (χ0n) is 11.2. The molecule has 1 aliphatic heterocycles. The Hall–Kier alpha value is -1.48. The van der Waals surface area contributed by atoms with Crippen LogP contribution in [0.2, 0.25) is 0 Å². The van der Waals surface area contributed by atoms with Crippen molar-refractivity contribution in [3.63, 3.8) is 0 Å². The van der Waals surface area contributed by atoms with Crippen molar-refractivity contribution in [3.8, 4) is 5.75 Å². The molecule has 1 aromatic heterocycles. The number of hydrogen-bond acceptors (Lipinski definition) is 2. The van der Waals surface area contributed by atoms with Gasteiger partial charge >= 0.3 is 0 Å². The average molecular weight is 256 g/mol. The number of nitrogens with one attached hydrogen (secondary N) is 2. The Morgan fingerprint density at radius 1 is 1.32 bits per heavy atom. The molecule has 3 nitrogen and oxygen atoms in total. The molecule has 0 saturated heterocycles. The summed E-state index contributed by atoms with van der Waals surface area (Å²) >= 11 is 0. The van der Waals surface area contributed by atoms with E-state index in [0.717, 1.165) is 44.2 Å². The van der Waals surface area contributed by atoms with Crippen LogP contribution < -0.4 is 10.1 Å². The van der Waals surface area contributed by atoms with E-state index in [1.165, 1.54) is 34.9 Å². The third-order valence-corrected chi connectivity index (χ3v) is 4.23. The number of rotatable bonds is 4. The average Bonchev–Trinajstić information content (AvgIpc) is 3.18. The van der Waals surface area contributed by atoms with Crippen LogP contribution in [-0.4, -0.2) is 24.2 Å². The fraction of sp³-hybridized carbons (Fsp3) is 0.500. The first-order chi connectivity index (χ1) is 9.42. The first-order valence-corrected chi connectivity index (χ1v) is 7.40. The molecule has 0 bridgehead atoms. The summed E-state index contributed by atoms with van der Waals surface area (Å²) in [5.41, 5.74) is 4.10. The van der Waals surface area contributed by atoms with Gasteiger partial charge in [-0.05, 0) is 56.3 Å². The van der Waals surface area contributed by atoms with Crippen molar-refractivity contribution < 1.29 is 4.74 Å². The lowest BCUT2D eigenvalue weighted by atomic mass is 9.98. The highest BCUT2D eigenvalue weighted by Gasteiger charge is 2.20. The number of aryl methyl sites for hydroxylation is 1. The van der Waals surface area contributed by atoms with E-state index in [-0.39, 0.29) is 0 Å². The summed E-state index contributed by atoms with van der Waals surface area (Å²) in [7, 11) is 0. The molecule has 2 aromatic rings. The fourth-order valence-corrected chi connectivity index (χ4v) is 3.06.